The Hall–Kier alpha value is -2.65. The highest BCUT2D eigenvalue weighted by atomic mass is 35.5. The largest absolute Gasteiger partial charge is 0.484 e. The zero-order valence-corrected chi connectivity index (χ0v) is 18.7. The van der Waals surface area contributed by atoms with Gasteiger partial charge < -0.3 is 24.5 Å². The fraction of sp³-hybridized carbons (Fsp3) is 0.522. The van der Waals surface area contributed by atoms with Crippen molar-refractivity contribution in [3.05, 3.63) is 46.9 Å². The number of amides is 2. The summed E-state index contributed by atoms with van der Waals surface area (Å²) in [6.45, 7) is 1.12. The van der Waals surface area contributed by atoms with Gasteiger partial charge in [-0.25, -0.2) is 9.37 Å². The Labute approximate surface area is 195 Å². The van der Waals surface area contributed by atoms with Crippen LogP contribution >= 0.6 is 11.6 Å². The van der Waals surface area contributed by atoms with E-state index in [2.05, 4.69) is 15.6 Å². The average Bonchev–Trinajstić information content (AvgIpc) is 3.48. The molecule has 2 N–H and O–H groups in total. The molecular formula is C23H25ClFN3O5. The van der Waals surface area contributed by atoms with E-state index < -0.39 is 5.82 Å². The molecule has 1 aromatic carbocycles. The molecule has 6 rings (SSSR count). The fourth-order valence-corrected chi connectivity index (χ4v) is 5.21. The first kappa shape index (κ1) is 22.2. The second kappa shape index (κ2) is 8.95. The molecule has 3 saturated carbocycles. The minimum absolute atomic E-state index is 0.00461. The Morgan fingerprint density at radius 1 is 1.24 bits per heavy atom. The van der Waals surface area contributed by atoms with Crippen LogP contribution in [0.4, 0.5) is 4.39 Å². The van der Waals surface area contributed by atoms with Gasteiger partial charge in [-0.15, -0.1) is 0 Å². The summed E-state index contributed by atoms with van der Waals surface area (Å²) in [7, 11) is 0. The number of benzene rings is 1. The third-order valence-corrected chi connectivity index (χ3v) is 7.10. The van der Waals surface area contributed by atoms with Crippen molar-refractivity contribution >= 4 is 23.4 Å². The number of nitrogens with one attached hydrogen (secondary N) is 2. The number of rotatable bonds is 7. The summed E-state index contributed by atoms with van der Waals surface area (Å²) < 4.78 is 29.9. The van der Waals surface area contributed by atoms with E-state index in [4.69, 9.17) is 25.5 Å². The molecule has 2 amide bonds. The molecule has 1 saturated heterocycles. The number of oxazole rings is 1. The second-order valence-corrected chi connectivity index (χ2v) is 9.50. The first-order valence-electron chi connectivity index (χ1n) is 11.1. The summed E-state index contributed by atoms with van der Waals surface area (Å²) in [5, 5.41) is 6.06. The molecule has 1 unspecified atom stereocenters. The predicted molar refractivity (Wildman–Crippen MR) is 116 cm³/mol. The Morgan fingerprint density at radius 2 is 2.03 bits per heavy atom. The maximum absolute atomic E-state index is 13.5. The molecule has 4 aliphatic rings. The quantitative estimate of drug-likeness (QED) is 0.635. The van der Waals surface area contributed by atoms with Crippen LogP contribution in [0.15, 0.2) is 28.8 Å². The van der Waals surface area contributed by atoms with Crippen molar-refractivity contribution in [1.82, 2.24) is 15.6 Å². The van der Waals surface area contributed by atoms with Crippen molar-refractivity contribution in [1.29, 1.82) is 0 Å². The molecule has 2 bridgehead atoms. The molecule has 1 atom stereocenters. The maximum Gasteiger partial charge on any atom is 0.289 e. The molecule has 3 aliphatic carbocycles. The van der Waals surface area contributed by atoms with Crippen LogP contribution in [0, 0.1) is 11.7 Å². The fourth-order valence-electron chi connectivity index (χ4n) is 5.10. The molecule has 176 valence electrons. The lowest BCUT2D eigenvalue weighted by atomic mass is 9.76. The Balaban J connectivity index is 1.11. The first-order valence-corrected chi connectivity index (χ1v) is 11.5. The molecule has 1 aliphatic heterocycles. The Bertz CT molecular complexity index is 1050. The van der Waals surface area contributed by atoms with Gasteiger partial charge in [0.25, 0.3) is 11.8 Å². The van der Waals surface area contributed by atoms with E-state index in [1.807, 2.05) is 0 Å². The van der Waals surface area contributed by atoms with Crippen LogP contribution < -0.4 is 15.4 Å². The maximum atomic E-state index is 13.5. The van der Waals surface area contributed by atoms with Crippen LogP contribution in [0.25, 0.3) is 0 Å². The van der Waals surface area contributed by atoms with E-state index in [1.54, 1.807) is 0 Å². The summed E-state index contributed by atoms with van der Waals surface area (Å²) in [4.78, 5) is 29.4. The highest BCUT2D eigenvalue weighted by Gasteiger charge is 2.57. The van der Waals surface area contributed by atoms with Crippen LogP contribution in [-0.4, -0.2) is 48.2 Å². The lowest BCUT2D eigenvalue weighted by Gasteiger charge is -2.38. The van der Waals surface area contributed by atoms with Crippen LogP contribution in [0.1, 0.15) is 54.5 Å². The zero-order valence-electron chi connectivity index (χ0n) is 17.9. The van der Waals surface area contributed by atoms with Crippen molar-refractivity contribution in [3.63, 3.8) is 0 Å². The highest BCUT2D eigenvalue weighted by Crippen LogP contribution is 2.52. The molecular weight excluding hydrogens is 453 g/mol. The molecule has 10 heteroatoms. The van der Waals surface area contributed by atoms with Crippen molar-refractivity contribution in [2.75, 3.05) is 19.8 Å². The van der Waals surface area contributed by atoms with Gasteiger partial charge in [-0.1, -0.05) is 11.6 Å². The second-order valence-electron chi connectivity index (χ2n) is 9.09. The van der Waals surface area contributed by atoms with Gasteiger partial charge in [0.1, 0.15) is 11.6 Å². The number of hydrogen-bond donors (Lipinski definition) is 2. The van der Waals surface area contributed by atoms with Gasteiger partial charge in [0.05, 0.1) is 11.2 Å². The minimum atomic E-state index is -0.601. The third kappa shape index (κ3) is 4.70. The molecule has 0 radical (unpaired) electrons. The number of hydrogen-bond acceptors (Lipinski definition) is 6. The van der Waals surface area contributed by atoms with E-state index in [9.17, 15) is 14.0 Å². The summed E-state index contributed by atoms with van der Waals surface area (Å²) >= 11 is 5.65. The summed E-state index contributed by atoms with van der Waals surface area (Å²) in [5.74, 6) is 0.350. The average molecular weight is 478 g/mol. The normalized spacial score (nSPS) is 26.5. The molecule has 8 nitrogen and oxygen atoms in total. The van der Waals surface area contributed by atoms with Crippen LogP contribution in [0.2, 0.25) is 5.02 Å². The van der Waals surface area contributed by atoms with Gasteiger partial charge in [0.15, 0.2) is 12.5 Å². The van der Waals surface area contributed by atoms with Gasteiger partial charge >= 0.3 is 0 Å². The van der Waals surface area contributed by atoms with E-state index >= 15 is 0 Å². The van der Waals surface area contributed by atoms with Gasteiger partial charge in [-0.3, -0.25) is 9.59 Å². The first-order chi connectivity index (χ1) is 15.9. The Kier molecular flexibility index (Phi) is 6.01. The summed E-state index contributed by atoms with van der Waals surface area (Å²) in [6.07, 6.45) is 5.40. The standard InChI is InChI=1S/C23H25ClFN3O5/c24-16-2-1-15(7-17(16)25)32-12-20(29)27-18-10-23(8-14(18)9-23)28-21(30)19-11-26-22(33-19)13-3-5-31-6-4-13/h1-2,7,11,13-14,18H,3-6,8-10,12H2,(H,27,29)(H,28,30). The van der Waals surface area contributed by atoms with Crippen molar-refractivity contribution in [2.45, 2.75) is 49.6 Å². The number of nitrogens with zero attached hydrogens (tertiary/aromatic N) is 1. The smallest absolute Gasteiger partial charge is 0.289 e. The van der Waals surface area contributed by atoms with E-state index in [0.29, 0.717) is 31.4 Å². The summed E-state index contributed by atoms with van der Waals surface area (Å²) in [6, 6.07) is 3.98. The SMILES string of the molecule is O=C(COc1ccc(Cl)c(F)c1)NC1CC2(NC(=O)c3cnc(C4CCOCC4)o3)CC1C2. The van der Waals surface area contributed by atoms with Crippen LogP contribution in [-0.2, 0) is 9.53 Å². The van der Waals surface area contributed by atoms with Gasteiger partial charge in [-0.2, -0.15) is 0 Å². The molecule has 4 fully saturated rings. The third-order valence-electron chi connectivity index (χ3n) is 6.79. The zero-order chi connectivity index (χ0) is 23.0. The number of ether oxygens (including phenoxy) is 2. The minimum Gasteiger partial charge on any atom is -0.484 e. The topological polar surface area (TPSA) is 103 Å². The lowest BCUT2D eigenvalue weighted by molar-refractivity contribution is -0.124. The molecule has 1 aromatic heterocycles. The van der Waals surface area contributed by atoms with Gasteiger partial charge in [-0.05, 0) is 50.2 Å². The number of halogens is 2. The van der Waals surface area contributed by atoms with Crippen LogP contribution in [0.5, 0.6) is 5.75 Å². The molecule has 2 aromatic rings. The van der Waals surface area contributed by atoms with Gasteiger partial charge in [0.2, 0.25) is 5.76 Å². The van der Waals surface area contributed by atoms with Crippen molar-refractivity contribution in [3.8, 4) is 5.75 Å². The summed E-state index contributed by atoms with van der Waals surface area (Å²) in [5.41, 5.74) is -0.342. The van der Waals surface area contributed by atoms with E-state index in [-0.39, 0.29) is 52.5 Å². The Morgan fingerprint density at radius 3 is 2.79 bits per heavy atom. The monoisotopic (exact) mass is 477 g/mol. The number of aromatic nitrogens is 1. The number of fused-ring (bicyclic) bond motifs is 1. The lowest BCUT2D eigenvalue weighted by Crippen LogP contribution is -2.51. The van der Waals surface area contributed by atoms with Crippen LogP contribution in [0.3, 0.4) is 0 Å². The van der Waals surface area contributed by atoms with Crippen molar-refractivity contribution < 1.29 is 27.9 Å². The highest BCUT2D eigenvalue weighted by molar-refractivity contribution is 6.30. The predicted octanol–water partition coefficient (Wildman–Crippen LogP) is 3.21. The van der Waals surface area contributed by atoms with E-state index in [0.717, 1.165) is 31.7 Å². The molecule has 2 heterocycles. The number of carbonyl (C=O) groups is 2. The number of carbonyl (C=O) groups excluding carboxylic acids is 2. The van der Waals surface area contributed by atoms with E-state index in [1.165, 1.54) is 18.3 Å². The van der Waals surface area contributed by atoms with Crippen molar-refractivity contribution in [2.24, 2.45) is 5.92 Å². The van der Waals surface area contributed by atoms with Gasteiger partial charge in [0, 0.05) is 36.8 Å². The molecule has 0 spiro atoms. The molecule has 33 heavy (non-hydrogen) atoms.